The molecule has 0 radical (unpaired) electrons. The minimum Gasteiger partial charge on any atom is -0.313 e. The third-order valence-corrected chi connectivity index (χ3v) is 2.10. The predicted molar refractivity (Wildman–Crippen MR) is 41.3 cm³/mol. The summed E-state index contributed by atoms with van der Waals surface area (Å²) < 4.78 is 15.3. The highest BCUT2D eigenvalue weighted by molar-refractivity contribution is 4.88. The molecule has 0 saturated carbocycles. The second-order valence-electron chi connectivity index (χ2n) is 3.17. The summed E-state index contributed by atoms with van der Waals surface area (Å²) in [7, 11) is 0. The van der Waals surface area contributed by atoms with E-state index in [1.807, 2.05) is 0 Å². The number of hydrogen-bond acceptors (Lipinski definition) is 3. The Kier molecular flexibility index (Phi) is 1.80. The normalized spacial score (nSPS) is 29.4. The molecule has 12 heavy (non-hydrogen) atoms. The van der Waals surface area contributed by atoms with Crippen molar-refractivity contribution in [2.45, 2.75) is 18.6 Å². The van der Waals surface area contributed by atoms with Gasteiger partial charge in [0.05, 0.1) is 6.54 Å². The number of rotatable bonds is 2. The molecule has 2 heterocycles. The van der Waals surface area contributed by atoms with E-state index in [-0.39, 0.29) is 0 Å². The fourth-order valence-corrected chi connectivity index (χ4v) is 1.45. The van der Waals surface area contributed by atoms with E-state index >= 15 is 0 Å². The minimum atomic E-state index is -1.13. The first-order valence-electron chi connectivity index (χ1n) is 4.01. The van der Waals surface area contributed by atoms with Crippen molar-refractivity contribution in [1.29, 1.82) is 0 Å². The van der Waals surface area contributed by atoms with Gasteiger partial charge >= 0.3 is 0 Å². The van der Waals surface area contributed by atoms with Gasteiger partial charge in [0, 0.05) is 6.54 Å². The first-order chi connectivity index (χ1) is 5.79. The summed E-state index contributed by atoms with van der Waals surface area (Å²) in [5.41, 5.74) is -1.13. The molecule has 1 fully saturated rings. The van der Waals surface area contributed by atoms with Crippen LogP contribution in [0.1, 0.15) is 6.42 Å². The number of nitrogens with one attached hydrogen (secondary N) is 1. The monoisotopic (exact) mass is 170 g/mol. The smallest absolute Gasteiger partial charge is 0.144 e. The van der Waals surface area contributed by atoms with Crippen LogP contribution in [0.3, 0.4) is 0 Å². The molecule has 1 saturated heterocycles. The Hall–Kier alpha value is -0.970. The van der Waals surface area contributed by atoms with E-state index < -0.39 is 5.67 Å². The van der Waals surface area contributed by atoms with Crippen LogP contribution in [0.15, 0.2) is 12.7 Å². The molecule has 1 aromatic heterocycles. The molecule has 0 aromatic carbocycles. The summed E-state index contributed by atoms with van der Waals surface area (Å²) in [5.74, 6) is 0. The molecule has 1 N–H and O–H groups in total. The molecular weight excluding hydrogens is 159 g/mol. The molecule has 1 atom stereocenters. The summed E-state index contributed by atoms with van der Waals surface area (Å²) in [5, 5.41) is 6.85. The van der Waals surface area contributed by atoms with Crippen LogP contribution in [0.4, 0.5) is 4.39 Å². The van der Waals surface area contributed by atoms with Gasteiger partial charge in [-0.1, -0.05) is 0 Å². The maximum absolute atomic E-state index is 13.7. The van der Waals surface area contributed by atoms with Gasteiger partial charge in [0.15, 0.2) is 0 Å². The first kappa shape index (κ1) is 7.67. The van der Waals surface area contributed by atoms with Crippen LogP contribution in [0.5, 0.6) is 0 Å². The third-order valence-electron chi connectivity index (χ3n) is 2.10. The largest absolute Gasteiger partial charge is 0.313 e. The SMILES string of the molecule is FC1(Cn2cncn2)CCNC1. The van der Waals surface area contributed by atoms with Gasteiger partial charge in [0.25, 0.3) is 0 Å². The lowest BCUT2D eigenvalue weighted by Crippen LogP contribution is -2.31. The molecule has 0 amide bonds. The third kappa shape index (κ3) is 1.45. The number of halogens is 1. The molecule has 2 rings (SSSR count). The summed E-state index contributed by atoms with van der Waals surface area (Å²) in [4.78, 5) is 3.76. The van der Waals surface area contributed by atoms with Gasteiger partial charge in [-0.05, 0) is 13.0 Å². The minimum absolute atomic E-state index is 0.306. The zero-order valence-electron chi connectivity index (χ0n) is 6.70. The molecule has 66 valence electrons. The van der Waals surface area contributed by atoms with E-state index in [4.69, 9.17) is 0 Å². The second kappa shape index (κ2) is 2.82. The lowest BCUT2D eigenvalue weighted by Gasteiger charge is -2.16. The molecule has 0 bridgehead atoms. The Morgan fingerprint density at radius 1 is 1.67 bits per heavy atom. The first-order valence-corrected chi connectivity index (χ1v) is 4.01. The van der Waals surface area contributed by atoms with Crippen molar-refractivity contribution in [3.63, 3.8) is 0 Å². The van der Waals surface area contributed by atoms with Crippen molar-refractivity contribution in [2.75, 3.05) is 13.1 Å². The number of hydrogen-bond donors (Lipinski definition) is 1. The van der Waals surface area contributed by atoms with Gasteiger partial charge in [0.2, 0.25) is 0 Å². The van der Waals surface area contributed by atoms with Gasteiger partial charge in [-0.25, -0.2) is 14.1 Å². The van der Waals surface area contributed by atoms with Crippen molar-refractivity contribution in [2.24, 2.45) is 0 Å². The van der Waals surface area contributed by atoms with Crippen molar-refractivity contribution in [3.8, 4) is 0 Å². The van der Waals surface area contributed by atoms with Crippen LogP contribution in [0.2, 0.25) is 0 Å². The highest BCUT2D eigenvalue weighted by Gasteiger charge is 2.34. The zero-order chi connectivity index (χ0) is 8.44. The van der Waals surface area contributed by atoms with Crippen LogP contribution in [-0.4, -0.2) is 33.5 Å². The fourth-order valence-electron chi connectivity index (χ4n) is 1.45. The summed E-state index contributed by atoms with van der Waals surface area (Å²) in [6.07, 6.45) is 3.53. The van der Waals surface area contributed by atoms with E-state index in [9.17, 15) is 4.39 Å². The topological polar surface area (TPSA) is 42.7 Å². The van der Waals surface area contributed by atoms with Gasteiger partial charge in [-0.3, -0.25) is 0 Å². The molecule has 1 aliphatic heterocycles. The highest BCUT2D eigenvalue weighted by atomic mass is 19.1. The fraction of sp³-hybridized carbons (Fsp3) is 0.714. The molecule has 1 unspecified atom stereocenters. The van der Waals surface area contributed by atoms with Crippen molar-refractivity contribution < 1.29 is 4.39 Å². The maximum Gasteiger partial charge on any atom is 0.144 e. The van der Waals surface area contributed by atoms with E-state index in [1.165, 1.54) is 11.0 Å². The van der Waals surface area contributed by atoms with Gasteiger partial charge in [-0.15, -0.1) is 0 Å². The Morgan fingerprint density at radius 3 is 3.17 bits per heavy atom. The Bertz CT molecular complexity index is 240. The van der Waals surface area contributed by atoms with Gasteiger partial charge in [-0.2, -0.15) is 5.10 Å². The van der Waals surface area contributed by atoms with E-state index in [0.717, 1.165) is 6.54 Å². The predicted octanol–water partition coefficient (Wildman–Crippen LogP) is -0.0203. The standard InChI is InChI=1S/C7H11FN4/c8-7(1-2-9-3-7)4-12-6-10-5-11-12/h5-6,9H,1-4H2. The molecular formula is C7H11FN4. The van der Waals surface area contributed by atoms with Crippen LogP contribution >= 0.6 is 0 Å². The van der Waals surface area contributed by atoms with Crippen LogP contribution in [0, 0.1) is 0 Å². The Morgan fingerprint density at radius 2 is 2.58 bits per heavy atom. The molecule has 5 heteroatoms. The maximum atomic E-state index is 13.7. The van der Waals surface area contributed by atoms with Crippen LogP contribution < -0.4 is 5.32 Å². The van der Waals surface area contributed by atoms with Gasteiger partial charge < -0.3 is 5.32 Å². The van der Waals surface area contributed by atoms with E-state index in [2.05, 4.69) is 15.4 Å². The molecule has 1 aliphatic rings. The summed E-state index contributed by atoms with van der Waals surface area (Å²) in [6.45, 7) is 1.48. The number of alkyl halides is 1. The molecule has 4 nitrogen and oxygen atoms in total. The molecule has 0 spiro atoms. The highest BCUT2D eigenvalue weighted by Crippen LogP contribution is 2.21. The molecule has 0 aliphatic carbocycles. The van der Waals surface area contributed by atoms with Crippen LogP contribution in [0.25, 0.3) is 0 Å². The van der Waals surface area contributed by atoms with E-state index in [1.54, 1.807) is 6.33 Å². The lowest BCUT2D eigenvalue weighted by molar-refractivity contribution is 0.155. The Balaban J connectivity index is 2.02. The van der Waals surface area contributed by atoms with Crippen molar-refractivity contribution in [3.05, 3.63) is 12.7 Å². The summed E-state index contributed by atoms with van der Waals surface area (Å²) >= 11 is 0. The molecule has 1 aromatic rings. The average molecular weight is 170 g/mol. The van der Waals surface area contributed by atoms with Crippen molar-refractivity contribution >= 4 is 0 Å². The number of aromatic nitrogens is 3. The van der Waals surface area contributed by atoms with E-state index in [0.29, 0.717) is 19.5 Å². The second-order valence-corrected chi connectivity index (χ2v) is 3.17. The summed E-state index contributed by atoms with van der Waals surface area (Å²) in [6, 6.07) is 0. The lowest BCUT2D eigenvalue weighted by atomic mass is 10.1. The van der Waals surface area contributed by atoms with Crippen LogP contribution in [-0.2, 0) is 6.54 Å². The Labute approximate surface area is 69.8 Å². The zero-order valence-corrected chi connectivity index (χ0v) is 6.70. The van der Waals surface area contributed by atoms with Gasteiger partial charge in [0.1, 0.15) is 18.3 Å². The average Bonchev–Trinajstić information content (AvgIpc) is 2.62. The quantitative estimate of drug-likeness (QED) is 0.678. The number of nitrogens with zero attached hydrogens (tertiary/aromatic N) is 3. The van der Waals surface area contributed by atoms with Crippen molar-refractivity contribution in [1.82, 2.24) is 20.1 Å².